The number of hydrogen-bond acceptors (Lipinski definition) is 3. The van der Waals surface area contributed by atoms with Crippen molar-refractivity contribution >= 4 is 29.6 Å². The fraction of sp³-hybridized carbons (Fsp3) is 0.0952. The molecule has 0 bridgehead atoms. The fourth-order valence-electron chi connectivity index (χ4n) is 2.62. The van der Waals surface area contributed by atoms with E-state index in [9.17, 15) is 14.4 Å². The molecule has 0 radical (unpaired) electrons. The van der Waals surface area contributed by atoms with Gasteiger partial charge in [-0.1, -0.05) is 54.6 Å². The van der Waals surface area contributed by atoms with Gasteiger partial charge in [-0.05, 0) is 36.3 Å². The van der Waals surface area contributed by atoms with Gasteiger partial charge in [0.1, 0.15) is 12.2 Å². The molecule has 136 valence electrons. The maximum atomic E-state index is 12.4. The third kappa shape index (κ3) is 4.70. The molecule has 1 saturated heterocycles. The van der Waals surface area contributed by atoms with Gasteiger partial charge in [0.15, 0.2) is 0 Å². The zero-order valence-corrected chi connectivity index (χ0v) is 14.8. The molecule has 3 rings (SSSR count). The van der Waals surface area contributed by atoms with E-state index >= 15 is 0 Å². The van der Waals surface area contributed by atoms with Gasteiger partial charge in [-0.15, -0.1) is 0 Å². The summed E-state index contributed by atoms with van der Waals surface area (Å²) in [6, 6.07) is 16.2. The van der Waals surface area contributed by atoms with Crippen LogP contribution in [0.4, 0.5) is 10.5 Å². The van der Waals surface area contributed by atoms with Crippen molar-refractivity contribution in [3.8, 4) is 0 Å². The van der Waals surface area contributed by atoms with Gasteiger partial charge in [0, 0.05) is 5.69 Å². The number of anilines is 1. The van der Waals surface area contributed by atoms with Crippen LogP contribution in [0.15, 0.2) is 72.4 Å². The summed E-state index contributed by atoms with van der Waals surface area (Å²) in [5.74, 6) is -0.970. The first kappa shape index (κ1) is 18.1. The second-order valence-electron chi connectivity index (χ2n) is 6.09. The van der Waals surface area contributed by atoms with Gasteiger partial charge < -0.3 is 10.6 Å². The molecule has 0 aromatic heterocycles. The maximum absolute atomic E-state index is 12.4. The fourth-order valence-corrected chi connectivity index (χ4v) is 2.62. The molecule has 1 aliphatic rings. The van der Waals surface area contributed by atoms with E-state index in [1.54, 1.807) is 12.1 Å². The topological polar surface area (TPSA) is 78.5 Å². The van der Waals surface area contributed by atoms with Gasteiger partial charge in [0.25, 0.3) is 5.91 Å². The van der Waals surface area contributed by atoms with Crippen LogP contribution in [0.5, 0.6) is 0 Å². The highest BCUT2D eigenvalue weighted by molar-refractivity contribution is 6.14. The Kier molecular flexibility index (Phi) is 5.47. The molecular weight excluding hydrogens is 342 g/mol. The zero-order chi connectivity index (χ0) is 19.2. The molecule has 1 aliphatic heterocycles. The van der Waals surface area contributed by atoms with E-state index in [0.29, 0.717) is 5.69 Å². The summed E-state index contributed by atoms with van der Waals surface area (Å²) in [6.07, 6.45) is 5.02. The minimum Gasteiger partial charge on any atom is -0.325 e. The number of nitrogens with one attached hydrogen (secondary N) is 2. The lowest BCUT2D eigenvalue weighted by molar-refractivity contribution is -0.127. The number of hydrogen-bond donors (Lipinski definition) is 2. The van der Waals surface area contributed by atoms with E-state index in [1.165, 1.54) is 6.08 Å². The highest BCUT2D eigenvalue weighted by Crippen LogP contribution is 2.13. The number of amides is 4. The van der Waals surface area contributed by atoms with Crippen LogP contribution in [0.1, 0.15) is 11.1 Å². The summed E-state index contributed by atoms with van der Waals surface area (Å²) in [6.45, 7) is 1.56. The molecule has 27 heavy (non-hydrogen) atoms. The van der Waals surface area contributed by atoms with E-state index in [-0.39, 0.29) is 12.2 Å². The zero-order valence-electron chi connectivity index (χ0n) is 14.8. The predicted octanol–water partition coefficient (Wildman–Crippen LogP) is 3.08. The summed E-state index contributed by atoms with van der Waals surface area (Å²) >= 11 is 0. The standard InChI is InChI=1S/C21H19N3O3/c1-15-7-5-11-17(13-15)22-19(25)14-24-20(26)18(23-21(24)27)12-6-10-16-8-3-2-4-9-16/h2-13H,14H2,1H3,(H,22,25)(H,23,27)/b10-6+,18-12-. The van der Waals surface area contributed by atoms with E-state index < -0.39 is 17.8 Å². The Morgan fingerprint density at radius 3 is 2.63 bits per heavy atom. The van der Waals surface area contributed by atoms with Crippen molar-refractivity contribution in [3.63, 3.8) is 0 Å². The second-order valence-corrected chi connectivity index (χ2v) is 6.09. The number of carbonyl (C=O) groups is 3. The summed E-state index contributed by atoms with van der Waals surface area (Å²) < 4.78 is 0. The number of benzene rings is 2. The van der Waals surface area contributed by atoms with Crippen LogP contribution in [0.2, 0.25) is 0 Å². The minimum atomic E-state index is -0.612. The smallest absolute Gasteiger partial charge is 0.325 e. The summed E-state index contributed by atoms with van der Waals surface area (Å²) in [4.78, 5) is 37.4. The van der Waals surface area contributed by atoms with Crippen molar-refractivity contribution in [2.24, 2.45) is 0 Å². The summed E-state index contributed by atoms with van der Waals surface area (Å²) in [5.41, 5.74) is 2.72. The summed E-state index contributed by atoms with van der Waals surface area (Å²) in [5, 5.41) is 5.17. The Bertz CT molecular complexity index is 933. The third-order valence-corrected chi connectivity index (χ3v) is 3.92. The van der Waals surface area contributed by atoms with E-state index in [0.717, 1.165) is 16.0 Å². The van der Waals surface area contributed by atoms with Crippen molar-refractivity contribution in [1.29, 1.82) is 0 Å². The van der Waals surface area contributed by atoms with Gasteiger partial charge in [0.2, 0.25) is 5.91 Å². The second kappa shape index (κ2) is 8.14. The van der Waals surface area contributed by atoms with Crippen molar-refractivity contribution in [3.05, 3.63) is 83.6 Å². The van der Waals surface area contributed by atoms with E-state index in [1.807, 2.05) is 61.5 Å². The highest BCUT2D eigenvalue weighted by Gasteiger charge is 2.34. The molecule has 0 atom stereocenters. The molecule has 1 heterocycles. The Hall–Kier alpha value is -3.67. The Labute approximate surface area is 157 Å². The molecule has 2 aromatic carbocycles. The number of allylic oxidation sites excluding steroid dienone is 2. The Balaban J connectivity index is 1.62. The number of carbonyl (C=O) groups excluding carboxylic acids is 3. The lowest BCUT2D eigenvalue weighted by Crippen LogP contribution is -2.38. The van der Waals surface area contributed by atoms with E-state index in [2.05, 4.69) is 10.6 Å². The molecule has 0 spiro atoms. The van der Waals surface area contributed by atoms with Crippen LogP contribution < -0.4 is 10.6 Å². The normalized spacial score (nSPS) is 15.4. The lowest BCUT2D eigenvalue weighted by Gasteiger charge is -2.12. The monoisotopic (exact) mass is 361 g/mol. The molecule has 2 N–H and O–H groups in total. The first-order chi connectivity index (χ1) is 13.0. The van der Waals surface area contributed by atoms with Gasteiger partial charge >= 0.3 is 6.03 Å². The third-order valence-electron chi connectivity index (χ3n) is 3.92. The van der Waals surface area contributed by atoms with Gasteiger partial charge in [0.05, 0.1) is 0 Å². The molecule has 2 aromatic rings. The van der Waals surface area contributed by atoms with Crippen LogP contribution in [-0.2, 0) is 9.59 Å². The van der Waals surface area contributed by atoms with Crippen LogP contribution >= 0.6 is 0 Å². The molecule has 1 fully saturated rings. The van der Waals surface area contributed by atoms with Crippen molar-refractivity contribution in [2.45, 2.75) is 6.92 Å². The quantitative estimate of drug-likeness (QED) is 0.634. The van der Waals surface area contributed by atoms with Crippen molar-refractivity contribution in [2.75, 3.05) is 11.9 Å². The number of rotatable bonds is 5. The number of imide groups is 1. The molecule has 4 amide bonds. The van der Waals surface area contributed by atoms with Crippen LogP contribution in [0.25, 0.3) is 6.08 Å². The first-order valence-electron chi connectivity index (χ1n) is 8.46. The number of urea groups is 1. The summed E-state index contributed by atoms with van der Waals surface area (Å²) in [7, 11) is 0. The number of aryl methyl sites for hydroxylation is 1. The SMILES string of the molecule is Cc1cccc(NC(=O)CN2C(=O)N/C(=C\C=C\c3ccccc3)C2=O)c1. The molecule has 6 heteroatoms. The minimum absolute atomic E-state index is 0.135. The van der Waals surface area contributed by atoms with Crippen molar-refractivity contribution in [1.82, 2.24) is 10.2 Å². The van der Waals surface area contributed by atoms with Crippen LogP contribution in [0.3, 0.4) is 0 Å². The van der Waals surface area contributed by atoms with E-state index in [4.69, 9.17) is 0 Å². The van der Waals surface area contributed by atoms with Crippen LogP contribution in [-0.4, -0.2) is 29.3 Å². The number of nitrogens with zero attached hydrogens (tertiary/aromatic N) is 1. The largest absolute Gasteiger partial charge is 0.329 e. The molecule has 0 unspecified atom stereocenters. The molecule has 6 nitrogen and oxygen atoms in total. The lowest BCUT2D eigenvalue weighted by atomic mass is 10.2. The average Bonchev–Trinajstić information content (AvgIpc) is 2.90. The van der Waals surface area contributed by atoms with Gasteiger partial charge in [-0.25, -0.2) is 9.69 Å². The predicted molar refractivity (Wildman–Crippen MR) is 104 cm³/mol. The molecular formula is C21H19N3O3. The molecule has 0 saturated carbocycles. The average molecular weight is 361 g/mol. The highest BCUT2D eigenvalue weighted by atomic mass is 16.2. The first-order valence-corrected chi connectivity index (χ1v) is 8.46. The maximum Gasteiger partial charge on any atom is 0.329 e. The van der Waals surface area contributed by atoms with Crippen LogP contribution in [0, 0.1) is 6.92 Å². The van der Waals surface area contributed by atoms with Gasteiger partial charge in [-0.3, -0.25) is 9.59 Å². The van der Waals surface area contributed by atoms with Gasteiger partial charge in [-0.2, -0.15) is 0 Å². The Morgan fingerprint density at radius 2 is 1.89 bits per heavy atom. The molecule has 0 aliphatic carbocycles. The van der Waals surface area contributed by atoms with Crippen molar-refractivity contribution < 1.29 is 14.4 Å². The Morgan fingerprint density at radius 1 is 1.11 bits per heavy atom.